The Morgan fingerprint density at radius 3 is 1.82 bits per heavy atom. The first-order valence-electron chi connectivity index (χ1n) is 13.5. The zero-order valence-corrected chi connectivity index (χ0v) is 23.0. The van der Waals surface area contributed by atoms with E-state index in [4.69, 9.17) is 19.2 Å². The summed E-state index contributed by atoms with van der Waals surface area (Å²) in [6.07, 6.45) is 10.1. The van der Waals surface area contributed by atoms with Crippen molar-refractivity contribution in [1.82, 2.24) is 19.9 Å². The molecule has 204 valence electrons. The minimum Gasteiger partial charge on any atom is -0.497 e. The van der Waals surface area contributed by atoms with Gasteiger partial charge < -0.3 is 14.2 Å². The molecule has 0 bridgehead atoms. The van der Waals surface area contributed by atoms with Crippen LogP contribution in [0.5, 0.6) is 11.5 Å². The van der Waals surface area contributed by atoms with Crippen LogP contribution in [0, 0.1) is 0 Å². The maximum atomic E-state index is 11.9. The maximum Gasteiger partial charge on any atom is 0.181 e. The Labute approximate surface area is 234 Å². The van der Waals surface area contributed by atoms with Gasteiger partial charge in [-0.25, -0.2) is 19.9 Å². The summed E-state index contributed by atoms with van der Waals surface area (Å²) in [7, 11) is 3.28. The Bertz CT molecular complexity index is 1520. The first-order chi connectivity index (χ1) is 19.6. The summed E-state index contributed by atoms with van der Waals surface area (Å²) < 4.78 is 16.0. The van der Waals surface area contributed by atoms with Crippen LogP contribution in [0.4, 0.5) is 0 Å². The number of aryl methyl sites for hydroxylation is 2. The lowest BCUT2D eigenvalue weighted by Gasteiger charge is -2.17. The van der Waals surface area contributed by atoms with E-state index in [1.807, 2.05) is 61.7 Å². The van der Waals surface area contributed by atoms with Crippen LogP contribution in [0.15, 0.2) is 67.0 Å². The molecule has 0 amide bonds. The standard InChI is InChI=1S/C17H18N2O2.C15H14N2O2/c1-3-21-15-6-4-5-13-11-18-17(19-16(13)15)12-7-9-14(20-2)10-8-12;1-19-12-7-5-10(6-8-12)15-16-9-11-3-2-4-13(18)14(11)17-15/h6-11H,3-5H2,1-2H3;5-9H,2-4H2,1H3. The summed E-state index contributed by atoms with van der Waals surface area (Å²) in [4.78, 5) is 29.8. The molecule has 2 aliphatic rings. The van der Waals surface area contributed by atoms with Crippen LogP contribution in [0.2, 0.25) is 0 Å². The molecule has 4 aromatic rings. The second kappa shape index (κ2) is 12.5. The second-order valence-electron chi connectivity index (χ2n) is 9.41. The second-order valence-corrected chi connectivity index (χ2v) is 9.41. The van der Waals surface area contributed by atoms with Gasteiger partial charge in [0.1, 0.15) is 28.6 Å². The van der Waals surface area contributed by atoms with Crippen molar-refractivity contribution in [3.05, 3.63) is 89.5 Å². The van der Waals surface area contributed by atoms with Crippen LogP contribution in [-0.4, -0.2) is 46.5 Å². The molecule has 0 unspecified atom stereocenters. The van der Waals surface area contributed by atoms with Gasteiger partial charge in [-0.15, -0.1) is 0 Å². The number of methoxy groups -OCH3 is 2. The molecule has 8 heteroatoms. The van der Waals surface area contributed by atoms with Gasteiger partial charge in [0.15, 0.2) is 17.4 Å². The number of carbonyl (C=O) groups is 1. The van der Waals surface area contributed by atoms with Gasteiger partial charge in [0.25, 0.3) is 0 Å². The number of ether oxygens (including phenoxy) is 3. The molecule has 8 nitrogen and oxygen atoms in total. The summed E-state index contributed by atoms with van der Waals surface area (Å²) in [5.41, 5.74) is 5.49. The smallest absolute Gasteiger partial charge is 0.181 e. The Balaban J connectivity index is 0.000000162. The van der Waals surface area contributed by atoms with Gasteiger partial charge >= 0.3 is 0 Å². The molecular formula is C32H32N4O4. The molecule has 2 aromatic carbocycles. The number of rotatable bonds is 6. The molecule has 2 heterocycles. The fourth-order valence-corrected chi connectivity index (χ4v) is 4.69. The van der Waals surface area contributed by atoms with Gasteiger partial charge in [-0.2, -0.15) is 0 Å². The lowest BCUT2D eigenvalue weighted by molar-refractivity contribution is 0.0967. The number of fused-ring (bicyclic) bond motifs is 2. The molecule has 0 saturated heterocycles. The van der Waals surface area contributed by atoms with Crippen molar-refractivity contribution in [2.45, 2.75) is 39.0 Å². The monoisotopic (exact) mass is 536 g/mol. The van der Waals surface area contributed by atoms with E-state index >= 15 is 0 Å². The molecule has 2 aromatic heterocycles. The largest absolute Gasteiger partial charge is 0.497 e. The minimum absolute atomic E-state index is 0.124. The summed E-state index contributed by atoms with van der Waals surface area (Å²) in [6, 6.07) is 15.3. The molecule has 2 aliphatic carbocycles. The third-order valence-corrected chi connectivity index (χ3v) is 6.82. The van der Waals surface area contributed by atoms with E-state index in [9.17, 15) is 4.79 Å². The third kappa shape index (κ3) is 6.01. The lowest BCUT2D eigenvalue weighted by atomic mass is 9.96. The fourth-order valence-electron chi connectivity index (χ4n) is 4.69. The highest BCUT2D eigenvalue weighted by Gasteiger charge is 2.20. The van der Waals surface area contributed by atoms with E-state index in [0.29, 0.717) is 30.4 Å². The summed E-state index contributed by atoms with van der Waals surface area (Å²) in [5.74, 6) is 3.92. The Hall–Kier alpha value is -4.59. The van der Waals surface area contributed by atoms with Crippen LogP contribution in [0.25, 0.3) is 28.5 Å². The first-order valence-corrected chi connectivity index (χ1v) is 13.5. The maximum absolute atomic E-state index is 11.9. The number of nitrogens with zero attached hydrogens (tertiary/aromatic N) is 4. The van der Waals surface area contributed by atoms with E-state index < -0.39 is 0 Å². The van der Waals surface area contributed by atoms with E-state index in [-0.39, 0.29) is 5.78 Å². The third-order valence-electron chi connectivity index (χ3n) is 6.82. The van der Waals surface area contributed by atoms with Crippen molar-refractivity contribution in [3.63, 3.8) is 0 Å². The quantitative estimate of drug-likeness (QED) is 0.290. The predicted molar refractivity (Wildman–Crippen MR) is 153 cm³/mol. The van der Waals surface area contributed by atoms with Gasteiger partial charge in [0.2, 0.25) is 0 Å². The Morgan fingerprint density at radius 1 is 0.725 bits per heavy atom. The van der Waals surface area contributed by atoms with Crippen molar-refractivity contribution < 1.29 is 19.0 Å². The zero-order chi connectivity index (χ0) is 27.9. The topological polar surface area (TPSA) is 96.3 Å². The van der Waals surface area contributed by atoms with Gasteiger partial charge in [-0.3, -0.25) is 4.79 Å². The summed E-state index contributed by atoms with van der Waals surface area (Å²) in [5, 5.41) is 0. The van der Waals surface area contributed by atoms with Crippen LogP contribution in [-0.2, 0) is 17.6 Å². The SMILES string of the molecule is CCOC1=CCCc2cnc(-c3ccc(OC)cc3)nc21.COc1ccc(-c2ncc3c(n2)C(=O)CCC3)cc1. The van der Waals surface area contributed by atoms with E-state index in [0.717, 1.165) is 70.9 Å². The number of allylic oxidation sites excluding steroid dienone is 1. The molecule has 0 spiro atoms. The summed E-state index contributed by atoms with van der Waals surface area (Å²) >= 11 is 0. The van der Waals surface area contributed by atoms with Crippen molar-refractivity contribution in [2.24, 2.45) is 0 Å². The van der Waals surface area contributed by atoms with Crippen LogP contribution in [0.3, 0.4) is 0 Å². The molecule has 0 fully saturated rings. The molecular weight excluding hydrogens is 504 g/mol. The van der Waals surface area contributed by atoms with E-state index in [1.165, 1.54) is 0 Å². The average molecular weight is 537 g/mol. The highest BCUT2D eigenvalue weighted by molar-refractivity contribution is 5.96. The number of hydrogen-bond donors (Lipinski definition) is 0. The number of Topliss-reactive ketones (excluding diaryl/α,β-unsaturated/α-hetero) is 1. The van der Waals surface area contributed by atoms with Gasteiger partial charge in [0, 0.05) is 35.5 Å². The molecule has 40 heavy (non-hydrogen) atoms. The fraction of sp³-hybridized carbons (Fsp3) is 0.281. The van der Waals surface area contributed by atoms with Gasteiger partial charge in [-0.05, 0) is 92.8 Å². The number of benzene rings is 2. The molecule has 0 radical (unpaired) electrons. The lowest BCUT2D eigenvalue weighted by Crippen LogP contribution is -2.14. The highest BCUT2D eigenvalue weighted by atomic mass is 16.5. The minimum atomic E-state index is 0.124. The number of ketones is 1. The van der Waals surface area contributed by atoms with Crippen molar-refractivity contribution in [3.8, 4) is 34.3 Å². The Kier molecular flexibility index (Phi) is 8.44. The van der Waals surface area contributed by atoms with Crippen LogP contribution < -0.4 is 9.47 Å². The van der Waals surface area contributed by atoms with Crippen molar-refractivity contribution >= 4 is 11.5 Å². The van der Waals surface area contributed by atoms with E-state index in [2.05, 4.69) is 21.0 Å². The predicted octanol–water partition coefficient (Wildman–Crippen LogP) is 6.15. The Morgan fingerprint density at radius 2 is 1.27 bits per heavy atom. The van der Waals surface area contributed by atoms with Gasteiger partial charge in [0.05, 0.1) is 20.8 Å². The summed E-state index contributed by atoms with van der Waals surface area (Å²) in [6.45, 7) is 2.63. The number of carbonyl (C=O) groups excluding carboxylic acids is 1. The first kappa shape index (κ1) is 27.0. The zero-order valence-electron chi connectivity index (χ0n) is 23.0. The molecule has 0 saturated carbocycles. The van der Waals surface area contributed by atoms with Gasteiger partial charge in [-0.1, -0.05) is 0 Å². The van der Waals surface area contributed by atoms with Crippen LogP contribution in [0.1, 0.15) is 53.5 Å². The normalized spacial score (nSPS) is 13.7. The molecule has 0 atom stereocenters. The van der Waals surface area contributed by atoms with Crippen LogP contribution >= 0.6 is 0 Å². The number of aromatic nitrogens is 4. The molecule has 0 N–H and O–H groups in total. The average Bonchev–Trinajstić information content (AvgIpc) is 3.02. The number of hydrogen-bond acceptors (Lipinski definition) is 8. The molecule has 0 aliphatic heterocycles. The highest BCUT2D eigenvalue weighted by Crippen LogP contribution is 2.28. The van der Waals surface area contributed by atoms with Crippen molar-refractivity contribution in [1.29, 1.82) is 0 Å². The van der Waals surface area contributed by atoms with Crippen molar-refractivity contribution in [2.75, 3.05) is 20.8 Å². The van der Waals surface area contributed by atoms with E-state index in [1.54, 1.807) is 20.4 Å². The molecule has 6 rings (SSSR count).